The lowest BCUT2D eigenvalue weighted by Gasteiger charge is -2.29. The Kier molecular flexibility index (Phi) is 5.15. The summed E-state index contributed by atoms with van der Waals surface area (Å²) in [5.41, 5.74) is 0.972. The number of likely N-dealkylation sites (N-methyl/N-ethyl adjacent to an activating group) is 1. The lowest BCUT2D eigenvalue weighted by molar-refractivity contribution is -0.121. The van der Waals surface area contributed by atoms with Crippen molar-refractivity contribution in [3.8, 4) is 17.1 Å². The maximum absolute atomic E-state index is 11.6. The largest absolute Gasteiger partial charge is 0.490 e. The van der Waals surface area contributed by atoms with E-state index in [2.05, 4.69) is 22.2 Å². The predicted octanol–water partition coefficient (Wildman–Crippen LogP) is 1.77. The first-order chi connectivity index (χ1) is 11.7. The lowest BCUT2D eigenvalue weighted by Crippen LogP contribution is -2.35. The monoisotopic (exact) mass is 328 g/mol. The Hall–Kier alpha value is -2.34. The van der Waals surface area contributed by atoms with Gasteiger partial charge in [0, 0.05) is 38.1 Å². The van der Waals surface area contributed by atoms with Crippen LogP contribution >= 0.6 is 0 Å². The second-order valence-electron chi connectivity index (χ2n) is 6.20. The number of carbonyl (C=O) groups excluding carboxylic acids is 1. The van der Waals surface area contributed by atoms with E-state index >= 15 is 0 Å². The van der Waals surface area contributed by atoms with Gasteiger partial charge in [0.1, 0.15) is 24.2 Å². The van der Waals surface area contributed by atoms with Gasteiger partial charge in [-0.3, -0.25) is 4.79 Å². The average molecular weight is 328 g/mol. The predicted molar refractivity (Wildman–Crippen MR) is 92.9 cm³/mol. The number of imidazole rings is 1. The molecule has 2 heterocycles. The summed E-state index contributed by atoms with van der Waals surface area (Å²) in [5, 5.41) is 2.63. The van der Waals surface area contributed by atoms with Crippen LogP contribution in [0.25, 0.3) is 11.4 Å². The second kappa shape index (κ2) is 7.49. The Bertz CT molecular complexity index is 673. The molecule has 1 N–H and O–H groups in total. The summed E-state index contributed by atoms with van der Waals surface area (Å²) < 4.78 is 7.91. The third-order valence-electron chi connectivity index (χ3n) is 4.39. The molecule has 0 spiro atoms. The van der Waals surface area contributed by atoms with Crippen molar-refractivity contribution in [2.45, 2.75) is 25.5 Å². The van der Waals surface area contributed by atoms with Gasteiger partial charge in [0.2, 0.25) is 5.91 Å². The van der Waals surface area contributed by atoms with Crippen LogP contribution in [0.1, 0.15) is 12.8 Å². The Balaban J connectivity index is 1.66. The fourth-order valence-electron chi connectivity index (χ4n) is 2.91. The molecule has 128 valence electrons. The summed E-state index contributed by atoms with van der Waals surface area (Å²) in [7, 11) is 3.78. The van der Waals surface area contributed by atoms with Crippen LogP contribution in [0.2, 0.25) is 0 Å². The SMILES string of the molecule is CNC(=O)Cn1ccnc1-c1ccc(OC2CCN(C)CC2)cc1. The van der Waals surface area contributed by atoms with Gasteiger partial charge in [-0.2, -0.15) is 0 Å². The van der Waals surface area contributed by atoms with Crippen molar-refractivity contribution < 1.29 is 9.53 Å². The molecule has 1 aromatic heterocycles. The summed E-state index contributed by atoms with van der Waals surface area (Å²) >= 11 is 0. The topological polar surface area (TPSA) is 59.4 Å². The Morgan fingerprint density at radius 1 is 1.29 bits per heavy atom. The maximum Gasteiger partial charge on any atom is 0.239 e. The number of aromatic nitrogens is 2. The zero-order chi connectivity index (χ0) is 16.9. The van der Waals surface area contributed by atoms with E-state index in [4.69, 9.17) is 4.74 Å². The van der Waals surface area contributed by atoms with Crippen molar-refractivity contribution in [3.63, 3.8) is 0 Å². The Morgan fingerprint density at radius 2 is 2.00 bits per heavy atom. The molecule has 6 heteroatoms. The van der Waals surface area contributed by atoms with E-state index in [-0.39, 0.29) is 12.5 Å². The third-order valence-corrected chi connectivity index (χ3v) is 4.39. The number of hydrogen-bond donors (Lipinski definition) is 1. The molecule has 0 aliphatic carbocycles. The highest BCUT2D eigenvalue weighted by molar-refractivity contribution is 5.76. The highest BCUT2D eigenvalue weighted by Gasteiger charge is 2.18. The molecule has 1 aliphatic heterocycles. The molecular weight excluding hydrogens is 304 g/mol. The molecule has 1 amide bonds. The molecule has 1 aliphatic rings. The van der Waals surface area contributed by atoms with Crippen LogP contribution in [0.15, 0.2) is 36.7 Å². The minimum atomic E-state index is -0.0449. The van der Waals surface area contributed by atoms with Gasteiger partial charge < -0.3 is 19.5 Å². The number of rotatable bonds is 5. The molecule has 6 nitrogen and oxygen atoms in total. The summed E-state index contributed by atoms with van der Waals surface area (Å²) in [6, 6.07) is 7.94. The van der Waals surface area contributed by atoms with Crippen LogP contribution in [0.4, 0.5) is 0 Å². The first kappa shape index (κ1) is 16.5. The van der Waals surface area contributed by atoms with Crippen molar-refractivity contribution in [2.75, 3.05) is 27.2 Å². The molecule has 3 rings (SSSR count). The van der Waals surface area contributed by atoms with Crippen molar-refractivity contribution >= 4 is 5.91 Å². The Morgan fingerprint density at radius 3 is 2.67 bits per heavy atom. The first-order valence-electron chi connectivity index (χ1n) is 8.33. The number of amides is 1. The highest BCUT2D eigenvalue weighted by Crippen LogP contribution is 2.23. The van der Waals surface area contributed by atoms with Gasteiger partial charge >= 0.3 is 0 Å². The van der Waals surface area contributed by atoms with Crippen LogP contribution in [0.3, 0.4) is 0 Å². The molecular formula is C18H24N4O2. The number of nitrogens with zero attached hydrogens (tertiary/aromatic N) is 3. The third kappa shape index (κ3) is 3.94. The fourth-order valence-corrected chi connectivity index (χ4v) is 2.91. The van der Waals surface area contributed by atoms with E-state index in [9.17, 15) is 4.79 Å². The molecule has 0 saturated carbocycles. The van der Waals surface area contributed by atoms with Gasteiger partial charge in [0.15, 0.2) is 0 Å². The van der Waals surface area contributed by atoms with Crippen molar-refractivity contribution in [3.05, 3.63) is 36.7 Å². The Labute approximate surface area is 142 Å². The highest BCUT2D eigenvalue weighted by atomic mass is 16.5. The number of carbonyl (C=O) groups is 1. The van der Waals surface area contributed by atoms with Gasteiger partial charge in [-0.25, -0.2) is 4.98 Å². The van der Waals surface area contributed by atoms with Gasteiger partial charge in [-0.15, -0.1) is 0 Å². The molecule has 0 bridgehead atoms. The van der Waals surface area contributed by atoms with E-state index in [1.54, 1.807) is 13.2 Å². The normalized spacial score (nSPS) is 16.1. The van der Waals surface area contributed by atoms with Gasteiger partial charge in [-0.1, -0.05) is 0 Å². The zero-order valence-electron chi connectivity index (χ0n) is 14.2. The number of hydrogen-bond acceptors (Lipinski definition) is 4. The molecule has 2 aromatic rings. The summed E-state index contributed by atoms with van der Waals surface area (Å²) in [6.07, 6.45) is 5.94. The van der Waals surface area contributed by atoms with E-state index in [1.807, 2.05) is 35.0 Å². The number of benzene rings is 1. The average Bonchev–Trinajstić information content (AvgIpc) is 3.05. The zero-order valence-corrected chi connectivity index (χ0v) is 14.2. The number of ether oxygens (including phenoxy) is 1. The molecule has 0 atom stereocenters. The summed E-state index contributed by atoms with van der Waals surface area (Å²) in [4.78, 5) is 18.3. The summed E-state index contributed by atoms with van der Waals surface area (Å²) in [6.45, 7) is 2.43. The fraction of sp³-hybridized carbons (Fsp3) is 0.444. The van der Waals surface area contributed by atoms with E-state index < -0.39 is 0 Å². The standard InChI is InChI=1S/C18H24N4O2/c1-19-17(23)13-22-12-9-20-18(22)14-3-5-15(6-4-14)24-16-7-10-21(2)11-8-16/h3-6,9,12,16H,7-8,10-11,13H2,1-2H3,(H,19,23). The van der Waals surface area contributed by atoms with Gasteiger partial charge in [0.25, 0.3) is 0 Å². The van der Waals surface area contributed by atoms with Gasteiger partial charge in [-0.05, 0) is 44.2 Å². The van der Waals surface area contributed by atoms with Crippen molar-refractivity contribution in [2.24, 2.45) is 0 Å². The van der Waals surface area contributed by atoms with Crippen molar-refractivity contribution in [1.29, 1.82) is 0 Å². The quantitative estimate of drug-likeness (QED) is 0.909. The first-order valence-corrected chi connectivity index (χ1v) is 8.33. The van der Waals surface area contributed by atoms with E-state index in [0.29, 0.717) is 6.10 Å². The summed E-state index contributed by atoms with van der Waals surface area (Å²) in [5.74, 6) is 1.62. The lowest BCUT2D eigenvalue weighted by atomic mass is 10.1. The molecule has 24 heavy (non-hydrogen) atoms. The number of likely N-dealkylation sites (tertiary alicyclic amines) is 1. The molecule has 1 saturated heterocycles. The molecule has 0 unspecified atom stereocenters. The van der Waals surface area contributed by atoms with Crippen LogP contribution in [-0.4, -0.2) is 53.6 Å². The number of nitrogens with one attached hydrogen (secondary N) is 1. The molecule has 1 fully saturated rings. The minimum absolute atomic E-state index is 0.0449. The molecule has 0 radical (unpaired) electrons. The van der Waals surface area contributed by atoms with E-state index in [0.717, 1.165) is 43.1 Å². The van der Waals surface area contributed by atoms with Gasteiger partial charge in [0.05, 0.1) is 0 Å². The van der Waals surface area contributed by atoms with Crippen LogP contribution in [0, 0.1) is 0 Å². The molecule has 1 aromatic carbocycles. The maximum atomic E-state index is 11.6. The second-order valence-corrected chi connectivity index (χ2v) is 6.20. The number of piperidine rings is 1. The minimum Gasteiger partial charge on any atom is -0.490 e. The van der Waals surface area contributed by atoms with Crippen LogP contribution in [0.5, 0.6) is 5.75 Å². The van der Waals surface area contributed by atoms with E-state index in [1.165, 1.54) is 0 Å². The van der Waals surface area contributed by atoms with Crippen molar-refractivity contribution in [1.82, 2.24) is 19.8 Å². The smallest absolute Gasteiger partial charge is 0.239 e. The van der Waals surface area contributed by atoms with Crippen LogP contribution in [-0.2, 0) is 11.3 Å². The van der Waals surface area contributed by atoms with Crippen LogP contribution < -0.4 is 10.1 Å².